The van der Waals surface area contributed by atoms with Gasteiger partial charge < -0.3 is 10.2 Å². The molecule has 1 aliphatic rings. The van der Waals surface area contributed by atoms with Crippen molar-refractivity contribution in [2.24, 2.45) is 0 Å². The number of nitrogens with one attached hydrogen (secondary N) is 1. The zero-order chi connectivity index (χ0) is 15.5. The normalized spacial score (nSPS) is 19.7. The van der Waals surface area contributed by atoms with Crippen LogP contribution in [-0.2, 0) is 6.18 Å². The van der Waals surface area contributed by atoms with E-state index in [4.69, 9.17) is 0 Å². The first-order valence-corrected chi connectivity index (χ1v) is 8.12. The Labute approximate surface area is 126 Å². The van der Waals surface area contributed by atoms with E-state index in [0.717, 1.165) is 17.9 Å². The van der Waals surface area contributed by atoms with E-state index in [1.165, 1.54) is 0 Å². The van der Waals surface area contributed by atoms with Crippen LogP contribution in [0.1, 0.15) is 26.1 Å². The van der Waals surface area contributed by atoms with E-state index in [-0.39, 0.29) is 11.9 Å². The maximum Gasteiger partial charge on any atom is 0.451 e. The smallest absolute Gasteiger partial charge is 0.370 e. The Morgan fingerprint density at radius 2 is 2.19 bits per heavy atom. The van der Waals surface area contributed by atoms with Crippen molar-refractivity contribution < 1.29 is 13.2 Å². The van der Waals surface area contributed by atoms with Crippen LogP contribution < -0.4 is 10.2 Å². The highest BCUT2D eigenvalue weighted by atomic mass is 32.2. The van der Waals surface area contributed by atoms with Gasteiger partial charge in [-0.2, -0.15) is 24.9 Å². The molecule has 1 atom stereocenters. The second kappa shape index (κ2) is 6.72. The Kier molecular flexibility index (Phi) is 5.18. The van der Waals surface area contributed by atoms with Crippen LogP contribution in [0.3, 0.4) is 0 Å². The fourth-order valence-electron chi connectivity index (χ4n) is 2.12. The molecule has 0 saturated carbocycles. The second-order valence-electron chi connectivity index (χ2n) is 4.98. The van der Waals surface area contributed by atoms with Gasteiger partial charge in [-0.1, -0.05) is 6.92 Å². The van der Waals surface area contributed by atoms with Crippen molar-refractivity contribution in [3.63, 3.8) is 0 Å². The molecule has 1 aliphatic heterocycles. The summed E-state index contributed by atoms with van der Waals surface area (Å²) >= 11 is 1.81. The van der Waals surface area contributed by atoms with Gasteiger partial charge in [-0.15, -0.1) is 0 Å². The lowest BCUT2D eigenvalue weighted by atomic mass is 10.3. The number of aromatic nitrogens is 2. The van der Waals surface area contributed by atoms with Gasteiger partial charge in [0.2, 0.25) is 5.82 Å². The van der Waals surface area contributed by atoms with Gasteiger partial charge in [0.15, 0.2) is 0 Å². The molecule has 1 fully saturated rings. The van der Waals surface area contributed by atoms with Crippen LogP contribution in [0.15, 0.2) is 6.07 Å². The molecule has 0 aromatic carbocycles. The SMILES string of the molecule is CCCNc1cc(N2CCSCC2C)nc(C(F)(F)F)n1. The van der Waals surface area contributed by atoms with Gasteiger partial charge in [0.1, 0.15) is 11.6 Å². The molecule has 2 rings (SSSR count). The Bertz CT molecular complexity index is 481. The minimum Gasteiger partial charge on any atom is -0.370 e. The van der Waals surface area contributed by atoms with Crippen LogP contribution in [0.5, 0.6) is 0 Å². The number of halogens is 3. The lowest BCUT2D eigenvalue weighted by Crippen LogP contribution is -2.41. The number of hydrogen-bond donors (Lipinski definition) is 1. The highest BCUT2D eigenvalue weighted by molar-refractivity contribution is 7.99. The molecule has 2 heterocycles. The van der Waals surface area contributed by atoms with Gasteiger partial charge >= 0.3 is 6.18 Å². The van der Waals surface area contributed by atoms with E-state index in [1.807, 2.05) is 18.7 Å². The van der Waals surface area contributed by atoms with Gasteiger partial charge in [-0.3, -0.25) is 0 Å². The first kappa shape index (κ1) is 16.2. The average Bonchev–Trinajstić information content (AvgIpc) is 2.44. The Balaban J connectivity index is 2.34. The van der Waals surface area contributed by atoms with E-state index < -0.39 is 12.0 Å². The zero-order valence-corrected chi connectivity index (χ0v) is 12.9. The van der Waals surface area contributed by atoms with Crippen LogP contribution in [-0.4, -0.2) is 40.6 Å². The zero-order valence-electron chi connectivity index (χ0n) is 12.1. The predicted molar refractivity (Wildman–Crippen MR) is 79.9 cm³/mol. The van der Waals surface area contributed by atoms with Gasteiger partial charge in [-0.05, 0) is 13.3 Å². The van der Waals surface area contributed by atoms with Crippen LogP contribution in [0, 0.1) is 0 Å². The molecule has 1 N–H and O–H groups in total. The standard InChI is InChI=1S/C13H19F3N4S/c1-3-4-17-10-7-11(19-12(18-10)13(14,15)16)20-5-6-21-8-9(20)2/h7,9H,3-6,8H2,1-2H3,(H,17,18,19). The van der Waals surface area contributed by atoms with E-state index >= 15 is 0 Å². The molecule has 4 nitrogen and oxygen atoms in total. The quantitative estimate of drug-likeness (QED) is 0.922. The van der Waals surface area contributed by atoms with Crippen molar-refractivity contribution in [1.82, 2.24) is 9.97 Å². The highest BCUT2D eigenvalue weighted by Gasteiger charge is 2.36. The number of thioether (sulfide) groups is 1. The number of alkyl halides is 3. The molecular formula is C13H19F3N4S. The fraction of sp³-hybridized carbons (Fsp3) is 0.692. The third-order valence-corrected chi connectivity index (χ3v) is 4.37. The first-order chi connectivity index (χ1) is 9.91. The number of nitrogens with zero attached hydrogens (tertiary/aromatic N) is 3. The monoisotopic (exact) mass is 320 g/mol. The van der Waals surface area contributed by atoms with Crippen molar-refractivity contribution in [3.8, 4) is 0 Å². The van der Waals surface area contributed by atoms with Crippen molar-refractivity contribution in [3.05, 3.63) is 11.9 Å². The summed E-state index contributed by atoms with van der Waals surface area (Å²) in [5, 5.41) is 2.92. The van der Waals surface area contributed by atoms with E-state index in [1.54, 1.807) is 17.8 Å². The van der Waals surface area contributed by atoms with Crippen molar-refractivity contribution >= 4 is 23.4 Å². The Morgan fingerprint density at radius 3 is 2.81 bits per heavy atom. The summed E-state index contributed by atoms with van der Waals surface area (Å²) in [6, 6.07) is 1.77. The molecule has 1 aromatic heterocycles. The first-order valence-electron chi connectivity index (χ1n) is 6.96. The minimum absolute atomic E-state index is 0.166. The number of hydrogen-bond acceptors (Lipinski definition) is 5. The molecule has 0 radical (unpaired) electrons. The maximum atomic E-state index is 13.0. The molecule has 8 heteroatoms. The van der Waals surface area contributed by atoms with Crippen molar-refractivity contribution in [2.75, 3.05) is 34.8 Å². The van der Waals surface area contributed by atoms with Crippen molar-refractivity contribution in [2.45, 2.75) is 32.5 Å². The molecule has 0 amide bonds. The summed E-state index contributed by atoms with van der Waals surface area (Å²) in [4.78, 5) is 9.23. The van der Waals surface area contributed by atoms with Crippen LogP contribution in [0.25, 0.3) is 0 Å². The summed E-state index contributed by atoms with van der Waals surface area (Å²) in [5.74, 6) is 1.30. The van der Waals surface area contributed by atoms with Crippen LogP contribution in [0.2, 0.25) is 0 Å². The van der Waals surface area contributed by atoms with Crippen LogP contribution in [0.4, 0.5) is 24.8 Å². The topological polar surface area (TPSA) is 41.0 Å². The molecule has 1 unspecified atom stereocenters. The van der Waals surface area contributed by atoms with Gasteiger partial charge in [-0.25, -0.2) is 9.97 Å². The van der Waals surface area contributed by atoms with Crippen molar-refractivity contribution in [1.29, 1.82) is 0 Å². The van der Waals surface area contributed by atoms with Gasteiger partial charge in [0.25, 0.3) is 0 Å². The molecule has 1 saturated heterocycles. The molecule has 118 valence electrons. The molecular weight excluding hydrogens is 301 g/mol. The summed E-state index contributed by atoms with van der Waals surface area (Å²) in [6.07, 6.45) is -3.72. The third kappa shape index (κ3) is 4.15. The maximum absolute atomic E-state index is 13.0. The van der Waals surface area contributed by atoms with E-state index in [9.17, 15) is 13.2 Å². The van der Waals surface area contributed by atoms with E-state index in [2.05, 4.69) is 15.3 Å². The second-order valence-corrected chi connectivity index (χ2v) is 6.13. The molecule has 0 spiro atoms. The minimum atomic E-state index is -4.54. The van der Waals surface area contributed by atoms with E-state index in [0.29, 0.717) is 18.9 Å². The summed E-state index contributed by atoms with van der Waals surface area (Å²) < 4.78 is 38.9. The molecule has 0 bridgehead atoms. The summed E-state index contributed by atoms with van der Waals surface area (Å²) in [5.41, 5.74) is 0. The molecule has 0 aliphatic carbocycles. The number of rotatable bonds is 4. The molecule has 21 heavy (non-hydrogen) atoms. The third-order valence-electron chi connectivity index (χ3n) is 3.18. The van der Waals surface area contributed by atoms with Gasteiger partial charge in [0.05, 0.1) is 0 Å². The largest absolute Gasteiger partial charge is 0.451 e. The lowest BCUT2D eigenvalue weighted by molar-refractivity contribution is -0.144. The molecule has 1 aromatic rings. The number of anilines is 2. The Morgan fingerprint density at radius 1 is 1.43 bits per heavy atom. The lowest BCUT2D eigenvalue weighted by Gasteiger charge is -2.34. The fourth-order valence-corrected chi connectivity index (χ4v) is 3.13. The Hall–Kier alpha value is -1.18. The predicted octanol–water partition coefficient (Wildman–Crippen LogP) is 3.26. The van der Waals surface area contributed by atoms with Gasteiger partial charge in [0, 0.05) is 36.7 Å². The average molecular weight is 320 g/mol. The summed E-state index contributed by atoms with van der Waals surface area (Å²) in [7, 11) is 0. The summed E-state index contributed by atoms with van der Waals surface area (Å²) in [6.45, 7) is 5.23. The highest BCUT2D eigenvalue weighted by Crippen LogP contribution is 2.31. The van der Waals surface area contributed by atoms with Crippen LogP contribution >= 0.6 is 11.8 Å².